The first-order valence-electron chi connectivity index (χ1n) is 43.2. The number of ether oxygens (including phenoxy) is 4. The Morgan fingerprint density at radius 3 is 0.602 bits per heavy atom. The molecule has 0 radical (unpaired) electrons. The van der Waals surface area contributed by atoms with Gasteiger partial charge in [-0.2, -0.15) is 0 Å². The third kappa shape index (κ3) is 78.0. The van der Waals surface area contributed by atoms with Crippen molar-refractivity contribution in [3.8, 4) is 0 Å². The number of unbranched alkanes of at least 4 members (excludes halogenated alkanes) is 47. The minimum Gasteiger partial charge on any atom is -0.462 e. The summed E-state index contributed by atoms with van der Waals surface area (Å²) < 4.78 is 68.8. The molecule has 0 aliphatic heterocycles. The largest absolute Gasteiger partial charge is 0.472 e. The van der Waals surface area contributed by atoms with E-state index in [0.717, 1.165) is 114 Å². The molecule has 0 spiro atoms. The van der Waals surface area contributed by atoms with Crippen LogP contribution in [-0.2, 0) is 65.4 Å². The van der Waals surface area contributed by atoms with E-state index in [1.807, 2.05) is 0 Å². The Balaban J connectivity index is 5.24. The maximum absolute atomic E-state index is 13.1. The van der Waals surface area contributed by atoms with Crippen LogP contribution in [0.25, 0.3) is 0 Å². The molecule has 0 amide bonds. The molecule has 17 nitrogen and oxygen atoms in total. The van der Waals surface area contributed by atoms with Crippen molar-refractivity contribution in [2.75, 3.05) is 39.6 Å². The first kappa shape index (κ1) is 101. The number of carbonyl (C=O) groups excluding carboxylic acids is 4. The zero-order valence-corrected chi connectivity index (χ0v) is 69.7. The van der Waals surface area contributed by atoms with Crippen LogP contribution in [-0.4, -0.2) is 96.7 Å². The van der Waals surface area contributed by atoms with E-state index in [9.17, 15) is 43.2 Å². The molecule has 0 rings (SSSR count). The van der Waals surface area contributed by atoms with Crippen LogP contribution in [0, 0.1) is 23.7 Å². The van der Waals surface area contributed by atoms with Crippen LogP contribution in [0.4, 0.5) is 0 Å². The number of rotatable bonds is 81. The smallest absolute Gasteiger partial charge is 0.462 e. The van der Waals surface area contributed by atoms with E-state index in [4.69, 9.17) is 37.0 Å². The highest BCUT2D eigenvalue weighted by Crippen LogP contribution is 2.45. The number of esters is 4. The minimum absolute atomic E-state index is 0.107. The van der Waals surface area contributed by atoms with Gasteiger partial charge in [-0.3, -0.25) is 37.3 Å². The number of carbonyl (C=O) groups is 4. The molecule has 0 aliphatic carbocycles. The zero-order chi connectivity index (χ0) is 76.0. The van der Waals surface area contributed by atoms with E-state index in [1.165, 1.54) is 231 Å². The zero-order valence-electron chi connectivity index (χ0n) is 68.0. The van der Waals surface area contributed by atoms with Gasteiger partial charge in [0.1, 0.15) is 19.3 Å². The molecule has 0 aromatic heterocycles. The summed E-state index contributed by atoms with van der Waals surface area (Å²) in [5.41, 5.74) is 0. The first-order valence-corrected chi connectivity index (χ1v) is 46.2. The third-order valence-electron chi connectivity index (χ3n) is 19.6. The van der Waals surface area contributed by atoms with Gasteiger partial charge in [0, 0.05) is 25.7 Å². The fraction of sp³-hybridized carbons (Fsp3) is 0.952. The summed E-state index contributed by atoms with van der Waals surface area (Å²) in [6.45, 7) is 14.3. The Kier molecular flexibility index (Phi) is 71.5. The Morgan fingerprint density at radius 1 is 0.243 bits per heavy atom. The SMILES string of the molecule is CC(C)CCCCCCCCCCCCCCCCCCC(=O)O[C@H](COC(=O)CCCCCCCCCCCCCCCC(C)C)COP(=O)(O)OCC(O)COP(=O)(O)OC[C@@H](COC(=O)CCCCCCCCCC(C)C)OC(=O)CCCCCCCCCCCCCCCCCC(C)C. The molecule has 103 heavy (non-hydrogen) atoms. The van der Waals surface area contributed by atoms with Gasteiger partial charge in [0.15, 0.2) is 12.2 Å². The van der Waals surface area contributed by atoms with Crippen molar-refractivity contribution in [1.29, 1.82) is 0 Å². The van der Waals surface area contributed by atoms with Gasteiger partial charge in [-0.15, -0.1) is 0 Å². The lowest BCUT2D eigenvalue weighted by Crippen LogP contribution is -2.30. The molecule has 19 heteroatoms. The van der Waals surface area contributed by atoms with Crippen LogP contribution in [0.2, 0.25) is 0 Å². The Labute approximate surface area is 632 Å². The molecule has 0 aromatic carbocycles. The maximum atomic E-state index is 13.1. The second kappa shape index (κ2) is 72.9. The second-order valence-corrected chi connectivity index (χ2v) is 35.0. The van der Waals surface area contributed by atoms with Gasteiger partial charge in [0.2, 0.25) is 0 Å². The number of phosphoric acid groups is 2. The predicted molar refractivity (Wildman–Crippen MR) is 423 cm³/mol. The first-order chi connectivity index (χ1) is 49.6. The van der Waals surface area contributed by atoms with E-state index < -0.39 is 97.5 Å². The lowest BCUT2D eigenvalue weighted by Gasteiger charge is -2.21. The van der Waals surface area contributed by atoms with Crippen LogP contribution < -0.4 is 0 Å². The topological polar surface area (TPSA) is 237 Å². The molecule has 3 N–H and O–H groups in total. The van der Waals surface area contributed by atoms with Crippen LogP contribution in [0.3, 0.4) is 0 Å². The molecule has 0 heterocycles. The second-order valence-electron chi connectivity index (χ2n) is 32.1. The highest BCUT2D eigenvalue weighted by atomic mass is 31.2. The summed E-state index contributed by atoms with van der Waals surface area (Å²) in [5.74, 6) is 0.998. The van der Waals surface area contributed by atoms with Crippen LogP contribution in [0.1, 0.15) is 434 Å². The molecule has 0 fully saturated rings. The maximum Gasteiger partial charge on any atom is 0.472 e. The van der Waals surface area contributed by atoms with Crippen molar-refractivity contribution >= 4 is 39.5 Å². The average Bonchev–Trinajstić information content (AvgIpc) is 0.920. The van der Waals surface area contributed by atoms with Crippen LogP contribution >= 0.6 is 15.6 Å². The molecule has 0 aromatic rings. The predicted octanol–water partition coefficient (Wildman–Crippen LogP) is 25.2. The number of aliphatic hydroxyl groups is 1. The summed E-state index contributed by atoms with van der Waals surface area (Å²) in [6.07, 6.45) is 61.1. The van der Waals surface area contributed by atoms with Gasteiger partial charge in [0.25, 0.3) is 0 Å². The van der Waals surface area contributed by atoms with Crippen molar-refractivity contribution < 1.29 is 80.2 Å². The van der Waals surface area contributed by atoms with E-state index in [2.05, 4.69) is 55.4 Å². The fourth-order valence-electron chi connectivity index (χ4n) is 13.0. The Hall–Kier alpha value is -1.94. The molecule has 0 aliphatic rings. The molecular formula is C84H164O17P2. The highest BCUT2D eigenvalue weighted by Gasteiger charge is 2.30. The standard InChI is InChI=1S/C84H164O17P2/c1-74(2)60-52-44-36-29-23-17-12-9-10-14-20-27-33-41-50-58-66-83(88)100-79(70-94-81(86)64-56-48-40-32-26-22-16-19-25-31-38-46-54-62-76(5)6)72-98-102(90,91)96-68-78(85)69-97-103(92,93)99-73-80(71-95-82(87)65-57-49-43-35-39-47-55-63-77(7)8)101-84(89)67-59-51-42-34-28-21-15-11-13-18-24-30-37-45-53-61-75(3)4/h74-80,85H,9-73H2,1-8H3,(H,90,91)(H,92,93)/t78?,79-,80-/m1/s1. The Bertz CT molecular complexity index is 2010. The Morgan fingerprint density at radius 2 is 0.408 bits per heavy atom. The van der Waals surface area contributed by atoms with Gasteiger partial charge in [-0.1, -0.05) is 383 Å². The van der Waals surface area contributed by atoms with E-state index in [-0.39, 0.29) is 25.7 Å². The number of aliphatic hydroxyl groups excluding tert-OH is 1. The number of phosphoric ester groups is 2. The lowest BCUT2D eigenvalue weighted by molar-refractivity contribution is -0.161. The van der Waals surface area contributed by atoms with Crippen molar-refractivity contribution in [2.45, 2.75) is 453 Å². The summed E-state index contributed by atoms with van der Waals surface area (Å²) in [5, 5.41) is 10.7. The molecular weight excluding hydrogens is 1340 g/mol. The molecule has 0 saturated heterocycles. The van der Waals surface area contributed by atoms with E-state index in [0.29, 0.717) is 31.6 Å². The van der Waals surface area contributed by atoms with Crippen molar-refractivity contribution in [3.05, 3.63) is 0 Å². The molecule has 0 saturated carbocycles. The molecule has 612 valence electrons. The number of hydrogen-bond donors (Lipinski definition) is 3. The third-order valence-corrected chi connectivity index (χ3v) is 21.5. The quantitative estimate of drug-likeness (QED) is 0.0222. The van der Waals surface area contributed by atoms with E-state index in [1.54, 1.807) is 0 Å². The summed E-state index contributed by atoms with van der Waals surface area (Å²) in [6, 6.07) is 0. The average molecular weight is 1510 g/mol. The van der Waals surface area contributed by atoms with Crippen LogP contribution in [0.15, 0.2) is 0 Å². The monoisotopic (exact) mass is 1510 g/mol. The molecule has 0 bridgehead atoms. The summed E-state index contributed by atoms with van der Waals surface area (Å²) in [4.78, 5) is 73.1. The van der Waals surface area contributed by atoms with Crippen molar-refractivity contribution in [2.24, 2.45) is 23.7 Å². The van der Waals surface area contributed by atoms with Gasteiger partial charge in [-0.25, -0.2) is 9.13 Å². The summed E-state index contributed by atoms with van der Waals surface area (Å²) in [7, 11) is -9.93. The van der Waals surface area contributed by atoms with Gasteiger partial charge in [0.05, 0.1) is 26.4 Å². The fourth-order valence-corrected chi connectivity index (χ4v) is 14.5. The minimum atomic E-state index is -4.96. The molecule has 5 atom stereocenters. The van der Waals surface area contributed by atoms with Crippen molar-refractivity contribution in [1.82, 2.24) is 0 Å². The highest BCUT2D eigenvalue weighted by molar-refractivity contribution is 7.47. The number of hydrogen-bond acceptors (Lipinski definition) is 15. The molecule has 3 unspecified atom stereocenters. The van der Waals surface area contributed by atoms with Crippen LogP contribution in [0.5, 0.6) is 0 Å². The summed E-state index contributed by atoms with van der Waals surface area (Å²) >= 11 is 0. The van der Waals surface area contributed by atoms with Gasteiger partial charge < -0.3 is 33.8 Å². The van der Waals surface area contributed by atoms with Gasteiger partial charge in [-0.05, 0) is 49.4 Å². The van der Waals surface area contributed by atoms with Crippen molar-refractivity contribution in [3.63, 3.8) is 0 Å². The van der Waals surface area contributed by atoms with E-state index >= 15 is 0 Å². The van der Waals surface area contributed by atoms with Gasteiger partial charge >= 0.3 is 39.5 Å². The lowest BCUT2D eigenvalue weighted by atomic mass is 10.0. The normalized spacial score (nSPS) is 14.0.